The molecule has 0 saturated heterocycles. The van der Waals surface area contributed by atoms with Gasteiger partial charge in [0.05, 0.1) is 9.79 Å². The highest BCUT2D eigenvalue weighted by Crippen LogP contribution is 2.20. The van der Waals surface area contributed by atoms with Crippen LogP contribution in [0.4, 0.5) is 4.39 Å². The quantitative estimate of drug-likeness (QED) is 0.871. The van der Waals surface area contributed by atoms with Gasteiger partial charge in [0.2, 0.25) is 20.0 Å². The molecule has 0 spiro atoms. The van der Waals surface area contributed by atoms with Crippen LogP contribution in [0.1, 0.15) is 5.56 Å². The number of sulfonamides is 2. The van der Waals surface area contributed by atoms with Gasteiger partial charge in [-0.3, -0.25) is 0 Å². The molecule has 0 aliphatic rings. The van der Waals surface area contributed by atoms with Crippen molar-refractivity contribution in [3.05, 3.63) is 59.9 Å². The summed E-state index contributed by atoms with van der Waals surface area (Å²) in [5, 5.41) is 5.01. The third-order valence-electron chi connectivity index (χ3n) is 3.14. The average Bonchev–Trinajstić information content (AvgIpc) is 2.46. The third kappa shape index (κ3) is 4.14. The molecule has 2 aromatic carbocycles. The van der Waals surface area contributed by atoms with Crippen molar-refractivity contribution in [2.75, 3.05) is 7.05 Å². The zero-order chi connectivity index (χ0) is 17.3. The Hall–Kier alpha value is -1.81. The summed E-state index contributed by atoms with van der Waals surface area (Å²) in [6.07, 6.45) is 0. The van der Waals surface area contributed by atoms with Crippen LogP contribution in [0.15, 0.2) is 58.3 Å². The van der Waals surface area contributed by atoms with E-state index in [1.807, 2.05) is 0 Å². The van der Waals surface area contributed by atoms with E-state index in [0.717, 1.165) is 10.4 Å². The van der Waals surface area contributed by atoms with Crippen LogP contribution in [0.5, 0.6) is 0 Å². The van der Waals surface area contributed by atoms with Gasteiger partial charge in [0.15, 0.2) is 0 Å². The Bertz CT molecular complexity index is 927. The number of benzene rings is 2. The second-order valence-corrected chi connectivity index (χ2v) is 8.52. The molecule has 9 heteroatoms. The number of nitrogens with zero attached hydrogens (tertiary/aromatic N) is 1. The van der Waals surface area contributed by atoms with Crippen molar-refractivity contribution in [3.8, 4) is 0 Å². The standard InChI is InChI=1S/C14H15FN2O4S2/c1-17(10-11-4-2-5-12(15)8-11)23(20,21)14-7-3-6-13(9-14)22(16,18)19/h2-9H,10H2,1H3,(H2,16,18,19). The lowest BCUT2D eigenvalue weighted by Crippen LogP contribution is -2.27. The van der Waals surface area contributed by atoms with Gasteiger partial charge in [-0.05, 0) is 35.9 Å². The summed E-state index contributed by atoms with van der Waals surface area (Å²) in [5.41, 5.74) is 0.471. The van der Waals surface area contributed by atoms with E-state index in [1.165, 1.54) is 43.4 Å². The maximum absolute atomic E-state index is 13.2. The topological polar surface area (TPSA) is 97.5 Å². The number of nitrogens with two attached hydrogens (primary N) is 1. The van der Waals surface area contributed by atoms with E-state index in [1.54, 1.807) is 6.07 Å². The second-order valence-electron chi connectivity index (χ2n) is 4.91. The Balaban J connectivity index is 2.34. The molecule has 6 nitrogen and oxygen atoms in total. The zero-order valence-corrected chi connectivity index (χ0v) is 13.8. The van der Waals surface area contributed by atoms with Gasteiger partial charge in [-0.2, -0.15) is 4.31 Å². The van der Waals surface area contributed by atoms with E-state index >= 15 is 0 Å². The number of hydrogen-bond acceptors (Lipinski definition) is 4. The third-order valence-corrected chi connectivity index (χ3v) is 5.85. The molecule has 23 heavy (non-hydrogen) atoms. The second kappa shape index (κ2) is 6.36. The zero-order valence-electron chi connectivity index (χ0n) is 12.2. The minimum absolute atomic E-state index is 0.0559. The molecule has 124 valence electrons. The number of hydrogen-bond donors (Lipinski definition) is 1. The Kier molecular flexibility index (Phi) is 4.85. The molecular formula is C14H15FN2O4S2. The Morgan fingerprint density at radius 3 is 2.22 bits per heavy atom. The lowest BCUT2D eigenvalue weighted by atomic mass is 10.2. The first-order valence-corrected chi connectivity index (χ1v) is 9.43. The Morgan fingerprint density at radius 1 is 1.00 bits per heavy atom. The van der Waals surface area contributed by atoms with Crippen LogP contribution < -0.4 is 5.14 Å². The monoisotopic (exact) mass is 358 g/mol. The molecule has 0 bridgehead atoms. The average molecular weight is 358 g/mol. The summed E-state index contributed by atoms with van der Waals surface area (Å²) in [4.78, 5) is -0.499. The van der Waals surface area contributed by atoms with Gasteiger partial charge in [-0.1, -0.05) is 18.2 Å². The summed E-state index contributed by atoms with van der Waals surface area (Å²) in [5.74, 6) is -0.468. The predicted molar refractivity (Wildman–Crippen MR) is 82.9 cm³/mol. The molecular weight excluding hydrogens is 343 g/mol. The smallest absolute Gasteiger partial charge is 0.225 e. The predicted octanol–water partition coefficient (Wildman–Crippen LogP) is 1.29. The highest BCUT2D eigenvalue weighted by Gasteiger charge is 2.22. The SMILES string of the molecule is CN(Cc1cccc(F)c1)S(=O)(=O)c1cccc(S(N)(=O)=O)c1. The largest absolute Gasteiger partial charge is 0.243 e. The van der Waals surface area contributed by atoms with Crippen molar-refractivity contribution in [1.82, 2.24) is 4.31 Å². The summed E-state index contributed by atoms with van der Waals surface area (Å²) < 4.78 is 61.8. The highest BCUT2D eigenvalue weighted by atomic mass is 32.2. The van der Waals surface area contributed by atoms with Gasteiger partial charge >= 0.3 is 0 Å². The maximum Gasteiger partial charge on any atom is 0.243 e. The van der Waals surface area contributed by atoms with Gasteiger partial charge in [0.1, 0.15) is 5.82 Å². The fourth-order valence-electron chi connectivity index (χ4n) is 1.97. The van der Waals surface area contributed by atoms with Crippen LogP contribution in [0.3, 0.4) is 0 Å². The number of halogens is 1. The molecule has 0 atom stereocenters. The van der Waals surface area contributed by atoms with Crippen LogP contribution in [0.2, 0.25) is 0 Å². The molecule has 0 amide bonds. The first-order chi connectivity index (χ1) is 10.6. The number of primary sulfonamides is 1. The summed E-state index contributed by atoms with van der Waals surface area (Å²) in [7, 11) is -6.63. The van der Waals surface area contributed by atoms with Crippen LogP contribution in [0.25, 0.3) is 0 Å². The minimum atomic E-state index is -4.01. The molecule has 0 unspecified atom stereocenters. The normalized spacial score (nSPS) is 12.5. The first-order valence-electron chi connectivity index (χ1n) is 6.44. The molecule has 0 radical (unpaired) electrons. The molecule has 2 aromatic rings. The van der Waals surface area contributed by atoms with Gasteiger partial charge in [0.25, 0.3) is 0 Å². The van der Waals surface area contributed by atoms with E-state index in [-0.39, 0.29) is 16.3 Å². The van der Waals surface area contributed by atoms with Crippen molar-refractivity contribution in [3.63, 3.8) is 0 Å². The molecule has 0 heterocycles. The van der Waals surface area contributed by atoms with Crippen molar-refractivity contribution in [2.24, 2.45) is 5.14 Å². The minimum Gasteiger partial charge on any atom is -0.225 e. The van der Waals surface area contributed by atoms with E-state index < -0.39 is 25.9 Å². The van der Waals surface area contributed by atoms with Crippen molar-refractivity contribution >= 4 is 20.0 Å². The van der Waals surface area contributed by atoms with E-state index in [2.05, 4.69) is 0 Å². The lowest BCUT2D eigenvalue weighted by Gasteiger charge is -2.17. The summed E-state index contributed by atoms with van der Waals surface area (Å²) in [6.45, 7) is -0.0559. The van der Waals surface area contributed by atoms with E-state index in [9.17, 15) is 21.2 Å². The van der Waals surface area contributed by atoms with Gasteiger partial charge in [0, 0.05) is 13.6 Å². The molecule has 0 saturated carbocycles. The lowest BCUT2D eigenvalue weighted by molar-refractivity contribution is 0.465. The Labute approximate surface area is 134 Å². The van der Waals surface area contributed by atoms with E-state index in [4.69, 9.17) is 5.14 Å². The highest BCUT2D eigenvalue weighted by molar-refractivity contribution is 7.90. The molecule has 2 N–H and O–H groups in total. The van der Waals surface area contributed by atoms with Crippen LogP contribution in [0, 0.1) is 5.82 Å². The fourth-order valence-corrected chi connectivity index (χ4v) is 3.81. The van der Waals surface area contributed by atoms with Crippen molar-refractivity contribution in [1.29, 1.82) is 0 Å². The summed E-state index contributed by atoms with van der Waals surface area (Å²) >= 11 is 0. The molecule has 0 aliphatic carbocycles. The van der Waals surface area contributed by atoms with Crippen LogP contribution in [-0.2, 0) is 26.6 Å². The molecule has 0 fully saturated rings. The van der Waals surface area contributed by atoms with Crippen LogP contribution >= 0.6 is 0 Å². The molecule has 0 aromatic heterocycles. The van der Waals surface area contributed by atoms with Crippen molar-refractivity contribution < 1.29 is 21.2 Å². The van der Waals surface area contributed by atoms with Crippen molar-refractivity contribution in [2.45, 2.75) is 16.3 Å². The summed E-state index contributed by atoms with van der Waals surface area (Å²) in [6, 6.07) is 10.3. The maximum atomic E-state index is 13.2. The Morgan fingerprint density at radius 2 is 1.61 bits per heavy atom. The van der Waals surface area contributed by atoms with E-state index in [0.29, 0.717) is 5.56 Å². The van der Waals surface area contributed by atoms with Gasteiger partial charge < -0.3 is 0 Å². The van der Waals surface area contributed by atoms with Crippen LogP contribution in [-0.4, -0.2) is 28.2 Å². The molecule has 0 aliphatic heterocycles. The fraction of sp³-hybridized carbons (Fsp3) is 0.143. The number of rotatable bonds is 5. The van der Waals surface area contributed by atoms with Gasteiger partial charge in [-0.15, -0.1) is 0 Å². The first kappa shape index (κ1) is 17.5. The van der Waals surface area contributed by atoms with Gasteiger partial charge in [-0.25, -0.2) is 26.4 Å². The molecule has 2 rings (SSSR count).